The lowest BCUT2D eigenvalue weighted by atomic mass is 10.0. The highest BCUT2D eigenvalue weighted by Crippen LogP contribution is 2.15. The van der Waals surface area contributed by atoms with Crippen molar-refractivity contribution in [2.24, 2.45) is 0 Å². The number of unbranched alkanes of at least 4 members (excludes halogenated alkanes) is 22. The van der Waals surface area contributed by atoms with Crippen LogP contribution in [0.5, 0.6) is 0 Å². The molecule has 0 aliphatic rings. The highest BCUT2D eigenvalue weighted by molar-refractivity contribution is 5.71. The van der Waals surface area contributed by atoms with E-state index in [1.54, 1.807) is 0 Å². The van der Waals surface area contributed by atoms with Crippen LogP contribution in [-0.4, -0.2) is 37.2 Å². The molecule has 76 heavy (non-hydrogen) atoms. The summed E-state index contributed by atoms with van der Waals surface area (Å²) in [4.78, 5) is 38.2. The number of carbonyl (C=O) groups is 3. The third-order valence-electron chi connectivity index (χ3n) is 12.9. The van der Waals surface area contributed by atoms with Gasteiger partial charge in [-0.2, -0.15) is 0 Å². The van der Waals surface area contributed by atoms with Gasteiger partial charge in [0.15, 0.2) is 6.10 Å². The van der Waals surface area contributed by atoms with E-state index in [2.05, 4.69) is 154 Å². The fourth-order valence-corrected chi connectivity index (χ4v) is 8.30. The Hall–Kier alpha value is -4.45. The second-order valence-electron chi connectivity index (χ2n) is 20.2. The molecule has 0 bridgehead atoms. The first-order chi connectivity index (χ1) is 37.5. The summed E-state index contributed by atoms with van der Waals surface area (Å²) < 4.78 is 16.9. The van der Waals surface area contributed by atoms with Crippen molar-refractivity contribution < 1.29 is 28.6 Å². The van der Waals surface area contributed by atoms with Crippen LogP contribution in [0, 0.1) is 0 Å². The summed E-state index contributed by atoms with van der Waals surface area (Å²) in [5.74, 6) is -0.928. The highest BCUT2D eigenvalue weighted by Gasteiger charge is 2.19. The molecule has 1 atom stereocenters. The zero-order chi connectivity index (χ0) is 55.0. The quantitative estimate of drug-likeness (QED) is 0.0261. The molecule has 0 heterocycles. The minimum Gasteiger partial charge on any atom is -0.462 e. The molecule has 0 aromatic heterocycles. The topological polar surface area (TPSA) is 78.9 Å². The molecule has 1 unspecified atom stereocenters. The van der Waals surface area contributed by atoms with Crippen LogP contribution in [0.2, 0.25) is 0 Å². The van der Waals surface area contributed by atoms with Crippen molar-refractivity contribution >= 4 is 17.9 Å². The molecule has 0 fully saturated rings. The Morgan fingerprint density at radius 3 is 0.803 bits per heavy atom. The first-order valence-electron chi connectivity index (χ1n) is 31.2. The van der Waals surface area contributed by atoms with Crippen LogP contribution in [0.3, 0.4) is 0 Å². The third-order valence-corrected chi connectivity index (χ3v) is 12.9. The molecule has 0 saturated carbocycles. The number of allylic oxidation sites excluding steroid dienone is 22. The summed E-state index contributed by atoms with van der Waals surface area (Å²) in [6.45, 7) is 6.38. The van der Waals surface area contributed by atoms with Gasteiger partial charge in [-0.05, 0) is 116 Å². The van der Waals surface area contributed by atoms with Crippen molar-refractivity contribution in [2.75, 3.05) is 13.2 Å². The smallest absolute Gasteiger partial charge is 0.306 e. The van der Waals surface area contributed by atoms with E-state index in [1.807, 2.05) is 0 Å². The van der Waals surface area contributed by atoms with Crippen LogP contribution in [0.4, 0.5) is 0 Å². The number of esters is 3. The summed E-state index contributed by atoms with van der Waals surface area (Å²) in [5.41, 5.74) is 0. The predicted molar refractivity (Wildman–Crippen MR) is 329 cm³/mol. The molecule has 0 rings (SSSR count). The molecule has 0 amide bonds. The molecular weight excluding hydrogens is 937 g/mol. The average Bonchev–Trinajstić information content (AvgIpc) is 3.42. The summed E-state index contributed by atoms with van der Waals surface area (Å²) in [6.07, 6.45) is 88.8. The lowest BCUT2D eigenvalue weighted by Gasteiger charge is -2.18. The van der Waals surface area contributed by atoms with Crippen molar-refractivity contribution in [1.29, 1.82) is 0 Å². The minimum atomic E-state index is -0.799. The Morgan fingerprint density at radius 2 is 0.513 bits per heavy atom. The van der Waals surface area contributed by atoms with Gasteiger partial charge < -0.3 is 14.2 Å². The zero-order valence-corrected chi connectivity index (χ0v) is 49.2. The Labute approximate surface area is 468 Å². The maximum atomic E-state index is 12.9. The standard InChI is InChI=1S/C70H114O6/c1-4-7-10-13-16-19-22-25-27-29-30-31-32-33-34-35-36-37-38-39-40-42-43-45-48-51-54-57-60-63-69(72)75-66-67(65-74-68(71)62-59-56-53-50-47-24-21-18-15-12-9-6-3)76-70(73)64-61-58-55-52-49-46-44-41-28-26-23-20-17-14-11-8-5-2/h7-8,10-11,16-17,19-20,25-28,30-31,33-34,36-37,39-40,44,46,67H,4-6,9,12-15,18,21-24,29,32,35,38,41-43,45,47-66H2,1-3H3/b10-7-,11-8-,19-16-,20-17-,27-25-,28-26-,31-30-,34-33-,37-36-,40-39-,46-44-. The van der Waals surface area contributed by atoms with Crippen LogP contribution in [0.25, 0.3) is 0 Å². The largest absolute Gasteiger partial charge is 0.462 e. The zero-order valence-electron chi connectivity index (χ0n) is 49.2. The fourth-order valence-electron chi connectivity index (χ4n) is 8.30. The normalized spacial score (nSPS) is 13.0. The molecule has 0 aromatic carbocycles. The summed E-state index contributed by atoms with van der Waals surface area (Å²) in [6, 6.07) is 0. The second-order valence-corrected chi connectivity index (χ2v) is 20.2. The SMILES string of the molecule is CC/C=C\C/C=C\C/C=C\C/C=C\C/C=C\C/C=C\C/C=C\CCCCCCCCCC(=O)OCC(COC(=O)CCCCCCCCCCCCCC)OC(=O)CCCCCC/C=C\C/C=C\C/C=C\C/C=C\CC. The van der Waals surface area contributed by atoms with Gasteiger partial charge in [0.05, 0.1) is 0 Å². The molecule has 0 aromatic rings. The molecule has 0 N–H and O–H groups in total. The third kappa shape index (κ3) is 60.4. The van der Waals surface area contributed by atoms with E-state index in [1.165, 1.54) is 83.5 Å². The van der Waals surface area contributed by atoms with Gasteiger partial charge in [-0.25, -0.2) is 0 Å². The van der Waals surface area contributed by atoms with Crippen LogP contribution in [0.1, 0.15) is 271 Å². The first-order valence-corrected chi connectivity index (χ1v) is 31.2. The average molecular weight is 1050 g/mol. The van der Waals surface area contributed by atoms with Gasteiger partial charge in [0.2, 0.25) is 0 Å². The molecule has 6 nitrogen and oxygen atoms in total. The van der Waals surface area contributed by atoms with E-state index in [0.29, 0.717) is 19.3 Å². The molecule has 0 radical (unpaired) electrons. The van der Waals surface area contributed by atoms with Crippen molar-refractivity contribution in [3.8, 4) is 0 Å². The fraction of sp³-hybridized carbons (Fsp3) is 0.643. The Morgan fingerprint density at radius 1 is 0.276 bits per heavy atom. The van der Waals surface area contributed by atoms with Crippen molar-refractivity contribution in [3.05, 3.63) is 134 Å². The Balaban J connectivity index is 4.36. The molecule has 0 spiro atoms. The van der Waals surface area contributed by atoms with Crippen LogP contribution < -0.4 is 0 Å². The van der Waals surface area contributed by atoms with Gasteiger partial charge >= 0.3 is 17.9 Å². The molecule has 430 valence electrons. The van der Waals surface area contributed by atoms with Gasteiger partial charge in [0.25, 0.3) is 0 Å². The number of hydrogen-bond donors (Lipinski definition) is 0. The van der Waals surface area contributed by atoms with Crippen molar-refractivity contribution in [3.63, 3.8) is 0 Å². The van der Waals surface area contributed by atoms with E-state index in [0.717, 1.165) is 148 Å². The van der Waals surface area contributed by atoms with Crippen molar-refractivity contribution in [1.82, 2.24) is 0 Å². The van der Waals surface area contributed by atoms with Gasteiger partial charge in [-0.15, -0.1) is 0 Å². The Kier molecular flexibility index (Phi) is 59.4. The molecule has 0 saturated heterocycles. The number of rotatable bonds is 55. The Bertz CT molecular complexity index is 1630. The highest BCUT2D eigenvalue weighted by atomic mass is 16.6. The monoisotopic (exact) mass is 1050 g/mol. The van der Waals surface area contributed by atoms with E-state index >= 15 is 0 Å². The molecule has 6 heteroatoms. The molecule has 0 aliphatic carbocycles. The summed E-state index contributed by atoms with van der Waals surface area (Å²) in [5, 5.41) is 0. The maximum absolute atomic E-state index is 12.9. The molecular formula is C70H114O6. The minimum absolute atomic E-state index is 0.0930. The predicted octanol–water partition coefficient (Wildman–Crippen LogP) is 21.4. The number of carbonyl (C=O) groups excluding carboxylic acids is 3. The molecule has 0 aliphatic heterocycles. The summed E-state index contributed by atoms with van der Waals surface area (Å²) >= 11 is 0. The summed E-state index contributed by atoms with van der Waals surface area (Å²) in [7, 11) is 0. The second kappa shape index (κ2) is 63.1. The van der Waals surface area contributed by atoms with Crippen molar-refractivity contribution in [2.45, 2.75) is 277 Å². The van der Waals surface area contributed by atoms with Gasteiger partial charge in [-0.3, -0.25) is 14.4 Å². The van der Waals surface area contributed by atoms with Crippen LogP contribution >= 0.6 is 0 Å². The van der Waals surface area contributed by atoms with Crippen LogP contribution in [0.15, 0.2) is 134 Å². The lowest BCUT2D eigenvalue weighted by molar-refractivity contribution is -0.167. The number of hydrogen-bond acceptors (Lipinski definition) is 6. The van der Waals surface area contributed by atoms with E-state index in [4.69, 9.17) is 14.2 Å². The maximum Gasteiger partial charge on any atom is 0.306 e. The lowest BCUT2D eigenvalue weighted by Crippen LogP contribution is -2.30. The van der Waals surface area contributed by atoms with E-state index in [9.17, 15) is 14.4 Å². The van der Waals surface area contributed by atoms with Gasteiger partial charge in [0, 0.05) is 19.3 Å². The van der Waals surface area contributed by atoms with Crippen LogP contribution in [-0.2, 0) is 28.6 Å². The van der Waals surface area contributed by atoms with E-state index < -0.39 is 6.10 Å². The number of ether oxygens (including phenoxy) is 3. The van der Waals surface area contributed by atoms with E-state index in [-0.39, 0.29) is 31.1 Å². The van der Waals surface area contributed by atoms with Gasteiger partial charge in [-0.1, -0.05) is 270 Å². The van der Waals surface area contributed by atoms with Gasteiger partial charge in [0.1, 0.15) is 13.2 Å². The first kappa shape index (κ1) is 71.5.